The van der Waals surface area contributed by atoms with Crippen molar-refractivity contribution in [2.45, 2.75) is 12.1 Å². The highest BCUT2D eigenvalue weighted by molar-refractivity contribution is 9.10. The van der Waals surface area contributed by atoms with Crippen LogP contribution in [0.25, 0.3) is 5.52 Å². The van der Waals surface area contributed by atoms with Crippen LogP contribution in [0.15, 0.2) is 29.0 Å². The van der Waals surface area contributed by atoms with Gasteiger partial charge in [-0.2, -0.15) is 5.10 Å². The molecule has 1 aliphatic heterocycles. The van der Waals surface area contributed by atoms with Crippen LogP contribution in [0.3, 0.4) is 0 Å². The molecule has 7 heteroatoms. The minimum absolute atomic E-state index is 0.0663. The van der Waals surface area contributed by atoms with Gasteiger partial charge in [0.15, 0.2) is 5.67 Å². The van der Waals surface area contributed by atoms with Gasteiger partial charge in [-0.1, -0.05) is 0 Å². The van der Waals surface area contributed by atoms with Crippen molar-refractivity contribution in [1.82, 2.24) is 14.5 Å². The van der Waals surface area contributed by atoms with E-state index in [9.17, 15) is 9.18 Å². The number of carbonyl (C=O) groups excluding carboxylic acids is 1. The molecule has 1 fully saturated rings. The molecule has 3 rings (SSSR count). The summed E-state index contributed by atoms with van der Waals surface area (Å²) in [7, 11) is 0. The van der Waals surface area contributed by atoms with Crippen LogP contribution < -0.4 is 0 Å². The van der Waals surface area contributed by atoms with Gasteiger partial charge in [0.2, 0.25) is 0 Å². The predicted molar refractivity (Wildman–Crippen MR) is 74.3 cm³/mol. The Balaban J connectivity index is 1.86. The maximum atomic E-state index is 14.0. The Hall–Kier alpha value is -1.47. The summed E-state index contributed by atoms with van der Waals surface area (Å²) in [5, 5.41) is 13.1. The molecular formula is C13H13BrFN3O2. The highest BCUT2D eigenvalue weighted by Gasteiger charge is 2.39. The molecule has 0 spiro atoms. The van der Waals surface area contributed by atoms with E-state index in [1.54, 1.807) is 29.0 Å². The van der Waals surface area contributed by atoms with Gasteiger partial charge in [0, 0.05) is 19.2 Å². The van der Waals surface area contributed by atoms with Crippen LogP contribution >= 0.6 is 15.9 Å². The zero-order valence-electron chi connectivity index (χ0n) is 10.6. The normalized spacial score (nSPS) is 22.6. The standard InChI is InChI=1S/C13H13BrFN3O2/c14-10-5-16-18-6-9(1-2-11(10)18)12(20)17-4-3-13(15,7-17)8-19/h1-2,5-6,19H,3-4,7-8H2. The number of aromatic nitrogens is 2. The molecule has 0 aromatic carbocycles. The summed E-state index contributed by atoms with van der Waals surface area (Å²) in [6, 6.07) is 3.48. The Bertz CT molecular complexity index is 675. The van der Waals surface area contributed by atoms with Gasteiger partial charge in [0.1, 0.15) is 0 Å². The van der Waals surface area contributed by atoms with Crippen LogP contribution in [0.1, 0.15) is 16.8 Å². The fourth-order valence-electron chi connectivity index (χ4n) is 2.40. The number of aliphatic hydroxyl groups is 1. The molecule has 5 nitrogen and oxygen atoms in total. The third kappa shape index (κ3) is 2.20. The predicted octanol–water partition coefficient (Wildman–Crippen LogP) is 1.64. The number of likely N-dealkylation sites (tertiary alicyclic amines) is 1. The van der Waals surface area contributed by atoms with E-state index in [4.69, 9.17) is 5.11 Å². The van der Waals surface area contributed by atoms with E-state index in [-0.39, 0.29) is 18.9 Å². The van der Waals surface area contributed by atoms with Crippen LogP contribution in [-0.4, -0.2) is 50.9 Å². The first-order valence-corrected chi connectivity index (χ1v) is 7.04. The molecule has 1 amide bonds. The molecule has 1 saturated heterocycles. The number of fused-ring (bicyclic) bond motifs is 1. The highest BCUT2D eigenvalue weighted by atomic mass is 79.9. The summed E-state index contributed by atoms with van der Waals surface area (Å²) in [4.78, 5) is 13.8. The molecule has 1 aliphatic rings. The first-order valence-electron chi connectivity index (χ1n) is 6.24. The molecule has 0 saturated carbocycles. The summed E-state index contributed by atoms with van der Waals surface area (Å²) >= 11 is 3.36. The molecule has 0 aliphatic carbocycles. The van der Waals surface area contributed by atoms with Crippen LogP contribution in [-0.2, 0) is 0 Å². The first-order chi connectivity index (χ1) is 9.52. The second-order valence-electron chi connectivity index (χ2n) is 5.03. The molecule has 1 atom stereocenters. The maximum Gasteiger partial charge on any atom is 0.255 e. The van der Waals surface area contributed by atoms with Gasteiger partial charge in [-0.05, 0) is 28.1 Å². The average Bonchev–Trinajstić information content (AvgIpc) is 3.03. The van der Waals surface area contributed by atoms with Crippen molar-refractivity contribution >= 4 is 27.4 Å². The quantitative estimate of drug-likeness (QED) is 0.903. The lowest BCUT2D eigenvalue weighted by molar-refractivity contribution is 0.0630. The topological polar surface area (TPSA) is 57.8 Å². The monoisotopic (exact) mass is 341 g/mol. The number of hydrogen-bond donors (Lipinski definition) is 1. The molecule has 2 aromatic heterocycles. The van der Waals surface area contributed by atoms with Gasteiger partial charge in [0.25, 0.3) is 5.91 Å². The van der Waals surface area contributed by atoms with Gasteiger partial charge in [-0.3, -0.25) is 4.79 Å². The molecule has 1 N–H and O–H groups in total. The van der Waals surface area contributed by atoms with E-state index < -0.39 is 12.3 Å². The lowest BCUT2D eigenvalue weighted by atomic mass is 10.1. The second-order valence-corrected chi connectivity index (χ2v) is 5.88. The molecule has 106 valence electrons. The van der Waals surface area contributed by atoms with E-state index in [0.717, 1.165) is 9.99 Å². The smallest absolute Gasteiger partial charge is 0.255 e. The lowest BCUT2D eigenvalue weighted by Gasteiger charge is -2.19. The zero-order chi connectivity index (χ0) is 14.3. The lowest BCUT2D eigenvalue weighted by Crippen LogP contribution is -2.35. The van der Waals surface area contributed by atoms with Gasteiger partial charge >= 0.3 is 0 Å². The summed E-state index contributed by atoms with van der Waals surface area (Å²) in [6.07, 6.45) is 3.45. The van der Waals surface area contributed by atoms with Crippen molar-refractivity contribution in [2.75, 3.05) is 19.7 Å². The number of pyridine rings is 1. The Kier molecular flexibility index (Phi) is 3.25. The van der Waals surface area contributed by atoms with Crippen LogP contribution in [0.5, 0.6) is 0 Å². The number of hydrogen-bond acceptors (Lipinski definition) is 3. The summed E-state index contributed by atoms with van der Waals surface area (Å²) in [5.74, 6) is -0.244. The number of carbonyl (C=O) groups is 1. The molecular weight excluding hydrogens is 329 g/mol. The number of aliphatic hydroxyl groups excluding tert-OH is 1. The highest BCUT2D eigenvalue weighted by Crippen LogP contribution is 2.26. The van der Waals surface area contributed by atoms with Gasteiger partial charge < -0.3 is 10.0 Å². The van der Waals surface area contributed by atoms with Crippen molar-refractivity contribution in [3.63, 3.8) is 0 Å². The Morgan fingerprint density at radius 1 is 1.55 bits per heavy atom. The molecule has 2 aromatic rings. The van der Waals surface area contributed by atoms with Crippen molar-refractivity contribution < 1.29 is 14.3 Å². The average molecular weight is 342 g/mol. The molecule has 0 radical (unpaired) electrons. The van der Waals surface area contributed by atoms with Gasteiger partial charge in [0.05, 0.1) is 34.9 Å². The van der Waals surface area contributed by atoms with E-state index >= 15 is 0 Å². The minimum Gasteiger partial charge on any atom is -0.393 e. The summed E-state index contributed by atoms with van der Waals surface area (Å²) in [6.45, 7) is -0.304. The fraction of sp³-hybridized carbons (Fsp3) is 0.385. The largest absolute Gasteiger partial charge is 0.393 e. The fourth-order valence-corrected chi connectivity index (χ4v) is 2.81. The maximum absolute atomic E-state index is 14.0. The third-order valence-electron chi connectivity index (χ3n) is 3.59. The Morgan fingerprint density at radius 3 is 3.05 bits per heavy atom. The molecule has 20 heavy (non-hydrogen) atoms. The van der Waals surface area contributed by atoms with E-state index in [0.29, 0.717) is 12.1 Å². The van der Waals surface area contributed by atoms with Crippen molar-refractivity contribution in [1.29, 1.82) is 0 Å². The Labute approximate surface area is 123 Å². The molecule has 0 bridgehead atoms. The number of amides is 1. The SMILES string of the molecule is O=C(c1ccc2c(Br)cnn2c1)N1CCC(F)(CO)C1. The second kappa shape index (κ2) is 4.82. The van der Waals surface area contributed by atoms with Crippen LogP contribution in [0.4, 0.5) is 4.39 Å². The zero-order valence-corrected chi connectivity index (χ0v) is 12.2. The van der Waals surface area contributed by atoms with E-state index in [1.807, 2.05) is 0 Å². The number of halogens is 2. The molecule has 1 unspecified atom stereocenters. The number of rotatable bonds is 2. The van der Waals surface area contributed by atoms with Crippen molar-refractivity contribution in [3.8, 4) is 0 Å². The van der Waals surface area contributed by atoms with E-state index in [2.05, 4.69) is 21.0 Å². The van der Waals surface area contributed by atoms with E-state index in [1.165, 1.54) is 4.90 Å². The third-order valence-corrected chi connectivity index (χ3v) is 4.20. The minimum atomic E-state index is -1.67. The molecule has 3 heterocycles. The Morgan fingerprint density at radius 2 is 2.35 bits per heavy atom. The first kappa shape index (κ1) is 13.5. The van der Waals surface area contributed by atoms with Gasteiger partial charge in [-0.15, -0.1) is 0 Å². The van der Waals surface area contributed by atoms with Crippen molar-refractivity contribution in [2.24, 2.45) is 0 Å². The van der Waals surface area contributed by atoms with Crippen LogP contribution in [0, 0.1) is 0 Å². The number of nitrogens with zero attached hydrogens (tertiary/aromatic N) is 3. The van der Waals surface area contributed by atoms with Gasteiger partial charge in [-0.25, -0.2) is 8.91 Å². The summed E-state index contributed by atoms with van der Waals surface area (Å²) in [5.41, 5.74) is -0.359. The summed E-state index contributed by atoms with van der Waals surface area (Å²) < 4.78 is 16.4. The number of alkyl halides is 1. The van der Waals surface area contributed by atoms with Crippen LogP contribution in [0.2, 0.25) is 0 Å². The van der Waals surface area contributed by atoms with Crippen molar-refractivity contribution in [3.05, 3.63) is 34.6 Å².